The number of carbonyl (C=O) groups is 3. The molecule has 2 fully saturated rings. The third kappa shape index (κ3) is 2.55. The Bertz CT molecular complexity index is 427. The monoisotopic (exact) mass is 285 g/mol. The van der Waals surface area contributed by atoms with E-state index in [0.29, 0.717) is 6.54 Å². The highest BCUT2D eigenvalue weighted by atomic mass is 16.4. The minimum atomic E-state index is -1.15. The third-order valence-electron chi connectivity index (χ3n) is 4.03. The summed E-state index contributed by atoms with van der Waals surface area (Å²) >= 11 is 0. The zero-order chi connectivity index (χ0) is 14.9. The van der Waals surface area contributed by atoms with E-state index in [4.69, 9.17) is 5.11 Å². The zero-order valence-corrected chi connectivity index (χ0v) is 11.3. The Hall–Kier alpha value is -1.83. The van der Waals surface area contributed by atoms with Crippen molar-refractivity contribution in [3.63, 3.8) is 0 Å². The Labute approximate surface area is 116 Å². The van der Waals surface area contributed by atoms with Crippen LogP contribution in [-0.4, -0.2) is 76.2 Å². The zero-order valence-electron chi connectivity index (χ0n) is 11.3. The van der Waals surface area contributed by atoms with Crippen LogP contribution in [0.3, 0.4) is 0 Å². The molecule has 112 valence electrons. The van der Waals surface area contributed by atoms with Crippen molar-refractivity contribution in [1.29, 1.82) is 0 Å². The van der Waals surface area contributed by atoms with Gasteiger partial charge in [-0.25, -0.2) is 9.59 Å². The Balaban J connectivity index is 2.17. The number of aliphatic carboxylic acids is 1. The maximum Gasteiger partial charge on any atom is 0.328 e. The predicted octanol–water partition coefficient (Wildman–Crippen LogP) is -1.31. The fourth-order valence-corrected chi connectivity index (χ4v) is 2.75. The molecule has 2 rings (SSSR count). The molecule has 3 amide bonds. The second-order valence-corrected chi connectivity index (χ2v) is 5.28. The van der Waals surface area contributed by atoms with E-state index in [0.717, 1.165) is 11.3 Å². The third-order valence-corrected chi connectivity index (χ3v) is 4.03. The van der Waals surface area contributed by atoms with E-state index in [9.17, 15) is 19.5 Å². The lowest BCUT2D eigenvalue weighted by Crippen LogP contribution is -2.62. The van der Waals surface area contributed by atoms with Crippen LogP contribution in [0, 0.1) is 5.92 Å². The van der Waals surface area contributed by atoms with Gasteiger partial charge in [0.05, 0.1) is 12.6 Å². The van der Waals surface area contributed by atoms with Crippen molar-refractivity contribution in [2.45, 2.75) is 25.4 Å². The smallest absolute Gasteiger partial charge is 0.328 e. The van der Waals surface area contributed by atoms with Gasteiger partial charge in [0.25, 0.3) is 0 Å². The van der Waals surface area contributed by atoms with Crippen LogP contribution in [0.1, 0.15) is 13.3 Å². The molecule has 2 aliphatic heterocycles. The summed E-state index contributed by atoms with van der Waals surface area (Å²) in [4.78, 5) is 37.6. The van der Waals surface area contributed by atoms with Gasteiger partial charge in [-0.3, -0.25) is 9.69 Å². The van der Waals surface area contributed by atoms with Crippen molar-refractivity contribution < 1.29 is 24.6 Å². The first-order valence-corrected chi connectivity index (χ1v) is 6.63. The van der Waals surface area contributed by atoms with Gasteiger partial charge in [0.2, 0.25) is 5.91 Å². The number of hydrogen-bond donors (Lipinski definition) is 3. The van der Waals surface area contributed by atoms with Gasteiger partial charge in [-0.1, -0.05) is 6.92 Å². The molecule has 0 aromatic carbocycles. The minimum absolute atomic E-state index is 0.0902. The first-order valence-electron chi connectivity index (χ1n) is 6.63. The summed E-state index contributed by atoms with van der Waals surface area (Å²) in [5, 5.41) is 21.0. The molecule has 3 unspecified atom stereocenters. The number of urea groups is 1. The van der Waals surface area contributed by atoms with Crippen molar-refractivity contribution in [2.24, 2.45) is 5.92 Å². The van der Waals surface area contributed by atoms with Gasteiger partial charge in [0.1, 0.15) is 12.6 Å². The van der Waals surface area contributed by atoms with Crippen molar-refractivity contribution in [2.75, 3.05) is 26.2 Å². The lowest BCUT2D eigenvalue weighted by atomic mass is 10.0. The lowest BCUT2D eigenvalue weighted by molar-refractivity contribution is -0.144. The maximum absolute atomic E-state index is 12.5. The summed E-state index contributed by atoms with van der Waals surface area (Å²) in [5.41, 5.74) is 0. The summed E-state index contributed by atoms with van der Waals surface area (Å²) in [7, 11) is 0. The van der Waals surface area contributed by atoms with E-state index >= 15 is 0 Å². The number of piperazine rings is 1. The summed E-state index contributed by atoms with van der Waals surface area (Å²) in [6.07, 6.45) is 0.759. The van der Waals surface area contributed by atoms with Gasteiger partial charge < -0.3 is 20.4 Å². The second kappa shape index (κ2) is 5.66. The van der Waals surface area contributed by atoms with Crippen LogP contribution in [0.5, 0.6) is 0 Å². The predicted molar refractivity (Wildman–Crippen MR) is 67.9 cm³/mol. The molecular formula is C12H19N3O5. The van der Waals surface area contributed by atoms with E-state index in [1.807, 2.05) is 6.92 Å². The molecule has 8 nitrogen and oxygen atoms in total. The fourth-order valence-electron chi connectivity index (χ4n) is 2.75. The molecule has 0 bridgehead atoms. The van der Waals surface area contributed by atoms with Gasteiger partial charge in [0, 0.05) is 13.1 Å². The number of likely N-dealkylation sites (tertiary alicyclic amines) is 1. The molecule has 8 heteroatoms. The standard InChI is InChI=1S/C12H19N3O5/c1-7-2-3-14(9(7)6-16)12(20)15-5-10(17)13-4-8(15)11(18)19/h7-9,16H,2-6H2,1H3,(H,13,17)(H,18,19). The van der Waals surface area contributed by atoms with Crippen LogP contribution in [-0.2, 0) is 9.59 Å². The normalized spacial score (nSPS) is 30.3. The average Bonchev–Trinajstić information content (AvgIpc) is 2.78. The molecule has 3 atom stereocenters. The maximum atomic E-state index is 12.5. The highest BCUT2D eigenvalue weighted by molar-refractivity contribution is 5.90. The van der Waals surface area contributed by atoms with Crippen LogP contribution in [0.15, 0.2) is 0 Å². The molecule has 0 saturated carbocycles. The molecule has 0 aromatic rings. The van der Waals surface area contributed by atoms with Gasteiger partial charge in [-0.2, -0.15) is 0 Å². The highest BCUT2D eigenvalue weighted by Crippen LogP contribution is 2.25. The van der Waals surface area contributed by atoms with Gasteiger partial charge in [-0.05, 0) is 12.3 Å². The molecule has 0 aliphatic carbocycles. The molecule has 2 heterocycles. The van der Waals surface area contributed by atoms with Gasteiger partial charge >= 0.3 is 12.0 Å². The number of carboxylic acids is 1. The Morgan fingerprint density at radius 1 is 1.40 bits per heavy atom. The first-order chi connectivity index (χ1) is 9.45. The van der Waals surface area contributed by atoms with E-state index in [2.05, 4.69) is 5.32 Å². The summed E-state index contributed by atoms with van der Waals surface area (Å²) in [6, 6.07) is -1.87. The minimum Gasteiger partial charge on any atom is -0.480 e. The average molecular weight is 285 g/mol. The quantitative estimate of drug-likeness (QED) is 0.584. The molecule has 0 spiro atoms. The summed E-state index contributed by atoms with van der Waals surface area (Å²) < 4.78 is 0. The van der Waals surface area contributed by atoms with Gasteiger partial charge in [-0.15, -0.1) is 0 Å². The number of nitrogens with zero attached hydrogens (tertiary/aromatic N) is 2. The highest BCUT2D eigenvalue weighted by Gasteiger charge is 2.41. The lowest BCUT2D eigenvalue weighted by Gasteiger charge is -2.37. The Morgan fingerprint density at radius 2 is 2.10 bits per heavy atom. The number of aliphatic hydroxyl groups is 1. The SMILES string of the molecule is CC1CCN(C(=O)N2CC(=O)NCC2C(=O)O)C1CO. The van der Waals surface area contributed by atoms with Crippen molar-refractivity contribution in [3.8, 4) is 0 Å². The summed E-state index contributed by atoms with van der Waals surface area (Å²) in [5.74, 6) is -1.36. The van der Waals surface area contributed by atoms with Crippen molar-refractivity contribution >= 4 is 17.9 Å². The number of carboxylic acid groups (broad SMARTS) is 1. The number of nitrogens with one attached hydrogen (secondary N) is 1. The fraction of sp³-hybridized carbons (Fsp3) is 0.750. The second-order valence-electron chi connectivity index (χ2n) is 5.28. The van der Waals surface area contributed by atoms with Crippen LogP contribution >= 0.6 is 0 Å². The van der Waals surface area contributed by atoms with Gasteiger partial charge in [0.15, 0.2) is 0 Å². The number of aliphatic hydroxyl groups excluding tert-OH is 1. The molecule has 20 heavy (non-hydrogen) atoms. The van der Waals surface area contributed by atoms with Crippen LogP contribution in [0.2, 0.25) is 0 Å². The first kappa shape index (κ1) is 14.6. The summed E-state index contributed by atoms with van der Waals surface area (Å²) in [6.45, 7) is 1.89. The van der Waals surface area contributed by atoms with Crippen LogP contribution in [0.4, 0.5) is 4.79 Å². The largest absolute Gasteiger partial charge is 0.480 e. The molecular weight excluding hydrogens is 266 g/mol. The Morgan fingerprint density at radius 3 is 2.70 bits per heavy atom. The molecule has 0 radical (unpaired) electrons. The molecule has 3 N–H and O–H groups in total. The van der Waals surface area contributed by atoms with Crippen molar-refractivity contribution in [3.05, 3.63) is 0 Å². The van der Waals surface area contributed by atoms with E-state index in [1.54, 1.807) is 0 Å². The van der Waals surface area contributed by atoms with Crippen LogP contribution in [0.25, 0.3) is 0 Å². The van der Waals surface area contributed by atoms with Crippen molar-refractivity contribution in [1.82, 2.24) is 15.1 Å². The topological polar surface area (TPSA) is 110 Å². The number of carbonyl (C=O) groups excluding carboxylic acids is 2. The molecule has 2 aliphatic rings. The Kier molecular flexibility index (Phi) is 4.12. The number of hydrogen-bond acceptors (Lipinski definition) is 4. The van der Waals surface area contributed by atoms with E-state index in [1.165, 1.54) is 4.90 Å². The number of amides is 3. The molecule has 0 aromatic heterocycles. The van der Waals surface area contributed by atoms with E-state index in [-0.39, 0.29) is 37.6 Å². The van der Waals surface area contributed by atoms with E-state index < -0.39 is 18.0 Å². The van der Waals surface area contributed by atoms with Crippen LogP contribution < -0.4 is 5.32 Å². The number of rotatable bonds is 2. The molecule has 2 saturated heterocycles.